The highest BCUT2D eigenvalue weighted by Crippen LogP contribution is 2.32. The molecule has 3 rings (SSSR count). The van der Waals surface area contributed by atoms with Crippen LogP contribution in [-0.4, -0.2) is 25.8 Å². The number of amides is 1. The summed E-state index contributed by atoms with van der Waals surface area (Å²) >= 11 is 12.0. The number of hydrogen-bond donors (Lipinski definition) is 2. The monoisotopic (exact) mass is 380 g/mol. The Morgan fingerprint density at radius 1 is 1.08 bits per heavy atom. The molecule has 2 N–H and O–H groups in total. The van der Waals surface area contributed by atoms with E-state index >= 15 is 0 Å². The van der Waals surface area contributed by atoms with Crippen molar-refractivity contribution in [2.45, 2.75) is 13.0 Å². The minimum absolute atomic E-state index is 0.0696. The molecule has 1 aliphatic rings. The quantitative estimate of drug-likeness (QED) is 0.724. The molecule has 0 spiro atoms. The fourth-order valence-corrected chi connectivity index (χ4v) is 2.97. The number of rotatable bonds is 7. The first kappa shape index (κ1) is 17.9. The predicted octanol–water partition coefficient (Wildman–Crippen LogP) is 3.17. The van der Waals surface area contributed by atoms with Gasteiger partial charge in [-0.15, -0.1) is 0 Å². The molecule has 7 heteroatoms. The normalized spacial score (nSPS) is 12.2. The minimum Gasteiger partial charge on any atom is -0.454 e. The molecule has 2 aromatic carbocycles. The molecule has 0 bridgehead atoms. The summed E-state index contributed by atoms with van der Waals surface area (Å²) in [6.45, 7) is 1.58. The van der Waals surface area contributed by atoms with Crippen molar-refractivity contribution in [2.24, 2.45) is 0 Å². The molecule has 0 aromatic heterocycles. The standard InChI is InChI=1S/C18H18Cl2N2O3/c19-14-3-2-13(15(20)8-14)5-6-21-10-18(23)22-9-12-1-4-16-17(7-12)25-11-24-16/h1-4,7-8,21H,5-6,9-11H2,(H,22,23). The van der Waals surface area contributed by atoms with Crippen LogP contribution in [0.4, 0.5) is 0 Å². The van der Waals surface area contributed by atoms with Crippen LogP contribution in [0.1, 0.15) is 11.1 Å². The highest BCUT2D eigenvalue weighted by atomic mass is 35.5. The summed E-state index contributed by atoms with van der Waals surface area (Å²) in [6.07, 6.45) is 0.728. The zero-order valence-corrected chi connectivity index (χ0v) is 15.0. The molecule has 0 atom stereocenters. The summed E-state index contributed by atoms with van der Waals surface area (Å²) in [5.74, 6) is 1.38. The highest BCUT2D eigenvalue weighted by Gasteiger charge is 2.13. The lowest BCUT2D eigenvalue weighted by Gasteiger charge is -2.08. The van der Waals surface area contributed by atoms with E-state index in [4.69, 9.17) is 32.7 Å². The fraction of sp³-hybridized carbons (Fsp3) is 0.278. The van der Waals surface area contributed by atoms with Gasteiger partial charge in [-0.3, -0.25) is 4.79 Å². The van der Waals surface area contributed by atoms with Crippen LogP contribution in [-0.2, 0) is 17.8 Å². The van der Waals surface area contributed by atoms with Gasteiger partial charge in [0.15, 0.2) is 11.5 Å². The van der Waals surface area contributed by atoms with Crippen molar-refractivity contribution >= 4 is 29.1 Å². The largest absolute Gasteiger partial charge is 0.454 e. The molecule has 0 saturated carbocycles. The van der Waals surface area contributed by atoms with Crippen LogP contribution in [0, 0.1) is 0 Å². The first-order valence-corrected chi connectivity index (χ1v) is 8.67. The van der Waals surface area contributed by atoms with E-state index in [-0.39, 0.29) is 19.2 Å². The summed E-state index contributed by atoms with van der Waals surface area (Å²) in [5, 5.41) is 7.23. The predicted molar refractivity (Wildman–Crippen MR) is 97.4 cm³/mol. The number of ether oxygens (including phenoxy) is 2. The minimum atomic E-state index is -0.0696. The van der Waals surface area contributed by atoms with E-state index in [0.29, 0.717) is 28.9 Å². The van der Waals surface area contributed by atoms with E-state index in [9.17, 15) is 4.79 Å². The Balaban J connectivity index is 1.37. The van der Waals surface area contributed by atoms with Crippen molar-refractivity contribution in [3.8, 4) is 11.5 Å². The molecule has 5 nitrogen and oxygen atoms in total. The molecule has 0 fully saturated rings. The molecule has 2 aromatic rings. The summed E-state index contributed by atoms with van der Waals surface area (Å²) in [7, 11) is 0. The number of halogens is 2. The van der Waals surface area contributed by atoms with Crippen molar-refractivity contribution in [3.63, 3.8) is 0 Å². The van der Waals surface area contributed by atoms with Crippen molar-refractivity contribution in [2.75, 3.05) is 19.9 Å². The first-order valence-electron chi connectivity index (χ1n) is 7.92. The lowest BCUT2D eigenvalue weighted by atomic mass is 10.1. The molecular formula is C18H18Cl2N2O3. The molecule has 1 aliphatic heterocycles. The molecule has 132 valence electrons. The van der Waals surface area contributed by atoms with Gasteiger partial charge in [-0.25, -0.2) is 0 Å². The van der Waals surface area contributed by atoms with Crippen LogP contribution in [0.3, 0.4) is 0 Å². The second kappa shape index (κ2) is 8.43. The molecule has 0 aliphatic carbocycles. The van der Waals surface area contributed by atoms with Gasteiger partial charge >= 0.3 is 0 Å². The number of benzene rings is 2. The molecule has 1 amide bonds. The smallest absolute Gasteiger partial charge is 0.234 e. The SMILES string of the molecule is O=C(CNCCc1ccc(Cl)cc1Cl)NCc1ccc2c(c1)OCO2. The van der Waals surface area contributed by atoms with Crippen LogP contribution in [0.5, 0.6) is 11.5 Å². The molecular weight excluding hydrogens is 363 g/mol. The van der Waals surface area contributed by atoms with Crippen LogP contribution < -0.4 is 20.1 Å². The third-order valence-electron chi connectivity index (χ3n) is 3.80. The van der Waals surface area contributed by atoms with E-state index in [1.165, 1.54) is 0 Å². The number of nitrogens with one attached hydrogen (secondary N) is 2. The third kappa shape index (κ3) is 5.01. The summed E-state index contributed by atoms with van der Waals surface area (Å²) < 4.78 is 10.6. The molecule has 0 radical (unpaired) electrons. The van der Waals surface area contributed by atoms with Crippen molar-refractivity contribution < 1.29 is 14.3 Å². The molecule has 1 heterocycles. The maximum Gasteiger partial charge on any atom is 0.234 e. The zero-order chi connectivity index (χ0) is 17.6. The molecule has 0 saturated heterocycles. The van der Waals surface area contributed by atoms with Gasteiger partial charge in [-0.1, -0.05) is 35.3 Å². The third-order valence-corrected chi connectivity index (χ3v) is 4.39. The second-order valence-electron chi connectivity index (χ2n) is 5.63. The lowest BCUT2D eigenvalue weighted by molar-refractivity contribution is -0.120. The fourth-order valence-electron chi connectivity index (χ4n) is 2.46. The van der Waals surface area contributed by atoms with E-state index in [0.717, 1.165) is 23.3 Å². The van der Waals surface area contributed by atoms with Gasteiger partial charge in [-0.05, 0) is 48.4 Å². The Kier molecular flexibility index (Phi) is 6.02. The van der Waals surface area contributed by atoms with E-state index in [2.05, 4.69) is 10.6 Å². The van der Waals surface area contributed by atoms with Crippen molar-refractivity contribution in [1.29, 1.82) is 0 Å². The number of fused-ring (bicyclic) bond motifs is 1. The summed E-state index contributed by atoms with van der Waals surface area (Å²) in [6, 6.07) is 11.0. The van der Waals surface area contributed by atoms with Gasteiger partial charge in [0, 0.05) is 16.6 Å². The number of carbonyl (C=O) groups excluding carboxylic acids is 1. The van der Waals surface area contributed by atoms with Gasteiger partial charge in [0.1, 0.15) is 0 Å². The van der Waals surface area contributed by atoms with Gasteiger partial charge in [0.05, 0.1) is 6.54 Å². The molecule has 25 heavy (non-hydrogen) atoms. The maximum absolute atomic E-state index is 11.9. The van der Waals surface area contributed by atoms with E-state index in [1.807, 2.05) is 24.3 Å². The number of hydrogen-bond acceptors (Lipinski definition) is 4. The average molecular weight is 381 g/mol. The van der Waals surface area contributed by atoms with Crippen LogP contribution in [0.25, 0.3) is 0 Å². The topological polar surface area (TPSA) is 59.6 Å². The van der Waals surface area contributed by atoms with Gasteiger partial charge in [0.2, 0.25) is 12.7 Å². The Hall–Kier alpha value is -1.95. The van der Waals surface area contributed by atoms with Crippen LogP contribution >= 0.6 is 23.2 Å². The van der Waals surface area contributed by atoms with E-state index < -0.39 is 0 Å². The summed E-state index contributed by atoms with van der Waals surface area (Å²) in [4.78, 5) is 11.9. The zero-order valence-electron chi connectivity index (χ0n) is 13.5. The van der Waals surface area contributed by atoms with Crippen LogP contribution in [0.2, 0.25) is 10.0 Å². The Bertz CT molecular complexity index is 768. The average Bonchev–Trinajstić information content (AvgIpc) is 3.06. The van der Waals surface area contributed by atoms with E-state index in [1.54, 1.807) is 12.1 Å². The second-order valence-corrected chi connectivity index (χ2v) is 6.47. The number of carbonyl (C=O) groups is 1. The maximum atomic E-state index is 11.9. The van der Waals surface area contributed by atoms with Crippen LogP contribution in [0.15, 0.2) is 36.4 Å². The highest BCUT2D eigenvalue weighted by molar-refractivity contribution is 6.35. The first-order chi connectivity index (χ1) is 12.1. The summed E-state index contributed by atoms with van der Waals surface area (Å²) in [5.41, 5.74) is 1.96. The molecule has 0 unspecified atom stereocenters. The Morgan fingerprint density at radius 2 is 1.92 bits per heavy atom. The van der Waals surface area contributed by atoms with Gasteiger partial charge in [0.25, 0.3) is 0 Å². The van der Waals surface area contributed by atoms with Crippen molar-refractivity contribution in [3.05, 3.63) is 57.6 Å². The Morgan fingerprint density at radius 3 is 2.76 bits per heavy atom. The Labute approximate surface area is 156 Å². The lowest BCUT2D eigenvalue weighted by Crippen LogP contribution is -2.34. The van der Waals surface area contributed by atoms with Gasteiger partial charge < -0.3 is 20.1 Å². The van der Waals surface area contributed by atoms with Crippen molar-refractivity contribution in [1.82, 2.24) is 10.6 Å². The van der Waals surface area contributed by atoms with Gasteiger partial charge in [-0.2, -0.15) is 0 Å².